The lowest BCUT2D eigenvalue weighted by Crippen LogP contribution is -2.47. The Hall–Kier alpha value is -2.90. The molecule has 320 valence electrons. The summed E-state index contributed by atoms with van der Waals surface area (Å²) in [5.41, 5.74) is -3.40. The zero-order valence-corrected chi connectivity index (χ0v) is 33.7. The van der Waals surface area contributed by atoms with E-state index in [1.54, 1.807) is 53.2 Å². The summed E-state index contributed by atoms with van der Waals surface area (Å²) in [5, 5.41) is 80.0. The number of hydrogen-bond donors (Lipinski definition) is 8. The van der Waals surface area contributed by atoms with Crippen molar-refractivity contribution in [2.24, 2.45) is 27.1 Å². The number of rotatable bonds is 31. The summed E-state index contributed by atoms with van der Waals surface area (Å²) in [6.07, 6.45) is 3.85. The highest BCUT2D eigenvalue weighted by Crippen LogP contribution is 2.29. The lowest BCUT2D eigenvalue weighted by molar-refractivity contribution is -0.151. The zero-order chi connectivity index (χ0) is 41.7. The highest BCUT2D eigenvalue weighted by molar-refractivity contribution is 5.71. The molecule has 0 unspecified atom stereocenters. The summed E-state index contributed by atoms with van der Waals surface area (Å²) in [7, 11) is 3.18. The number of methoxy groups -OCH3 is 2. The van der Waals surface area contributed by atoms with Gasteiger partial charge in [0.2, 0.25) is 0 Å². The second-order valence-electron chi connectivity index (χ2n) is 16.0. The van der Waals surface area contributed by atoms with Crippen molar-refractivity contribution in [2.45, 2.75) is 20.8 Å². The lowest BCUT2D eigenvalue weighted by Gasteiger charge is -2.38. The van der Waals surface area contributed by atoms with Crippen LogP contribution in [0, 0.1) is 27.1 Å². The maximum Gasteiger partial charge on any atom is 0.123 e. The van der Waals surface area contributed by atoms with Crippen molar-refractivity contribution in [3.8, 4) is 17.2 Å². The van der Waals surface area contributed by atoms with E-state index in [4.69, 9.17) is 33.2 Å². The van der Waals surface area contributed by atoms with Crippen molar-refractivity contribution in [1.29, 1.82) is 0 Å². The molecule has 0 aromatic heterocycles. The summed E-state index contributed by atoms with van der Waals surface area (Å²) in [4.78, 5) is 0. The van der Waals surface area contributed by atoms with E-state index in [1.165, 1.54) is 0 Å². The predicted octanol–water partition coefficient (Wildman–Crippen LogP) is 1.25. The first-order valence-corrected chi connectivity index (χ1v) is 18.5. The normalized spacial score (nSPS) is 13.1. The van der Waals surface area contributed by atoms with Gasteiger partial charge in [-0.15, -0.1) is 0 Å². The zero-order valence-electron chi connectivity index (χ0n) is 33.7. The van der Waals surface area contributed by atoms with Gasteiger partial charge >= 0.3 is 0 Å². The molecule has 15 heteroatoms. The van der Waals surface area contributed by atoms with Gasteiger partial charge in [0.1, 0.15) is 23.9 Å². The van der Waals surface area contributed by atoms with Crippen LogP contribution in [-0.2, 0) is 18.9 Å². The van der Waals surface area contributed by atoms with Crippen LogP contribution in [0.1, 0.15) is 31.9 Å². The summed E-state index contributed by atoms with van der Waals surface area (Å²) in [5.74, 6) is 1.85. The summed E-state index contributed by atoms with van der Waals surface area (Å²) >= 11 is 0. The Kier molecular flexibility index (Phi) is 21.2. The average molecular weight is 799 g/mol. The monoisotopic (exact) mass is 798 g/mol. The topological polar surface area (TPSA) is 226 Å². The molecule has 0 aliphatic heterocycles. The molecule has 0 aliphatic carbocycles. The van der Waals surface area contributed by atoms with E-state index >= 15 is 0 Å². The lowest BCUT2D eigenvalue weighted by atomic mass is 9.89. The van der Waals surface area contributed by atoms with Crippen LogP contribution in [0.2, 0.25) is 0 Å². The van der Waals surface area contributed by atoms with Crippen molar-refractivity contribution in [3.05, 3.63) is 53.6 Å². The molecule has 0 radical (unpaired) electrons. The molecule has 0 amide bonds. The Bertz CT molecular complexity index is 1300. The average Bonchev–Trinajstić information content (AvgIpc) is 3.24. The highest BCUT2D eigenvalue weighted by Gasteiger charge is 2.38. The molecule has 0 spiro atoms. The highest BCUT2D eigenvalue weighted by atomic mass is 16.5. The van der Waals surface area contributed by atoms with Gasteiger partial charge < -0.3 is 74.0 Å². The van der Waals surface area contributed by atoms with Crippen LogP contribution >= 0.6 is 0 Å². The smallest absolute Gasteiger partial charge is 0.123 e. The van der Waals surface area contributed by atoms with Crippen LogP contribution in [0.15, 0.2) is 42.5 Å². The van der Waals surface area contributed by atoms with E-state index in [9.17, 15) is 40.9 Å². The number of benzene rings is 2. The molecule has 15 nitrogen and oxygen atoms in total. The Morgan fingerprint density at radius 3 is 1.12 bits per heavy atom. The summed E-state index contributed by atoms with van der Waals surface area (Å²) in [6, 6.07) is 12.8. The molecular weight excluding hydrogens is 732 g/mol. The fraction of sp³-hybridized carbons (Fsp3) is 0.659. The SMILES string of the molecule is COc1cc(/C=C/c2ccc(OCC(CO)(CO)COCC(COCC(C)(CO)CO)(COCC(C)(CO)CO)COCC(C)(CO)CO)cc2)cc(OC)c1. The van der Waals surface area contributed by atoms with Crippen molar-refractivity contribution in [3.63, 3.8) is 0 Å². The third kappa shape index (κ3) is 15.8. The van der Waals surface area contributed by atoms with Gasteiger partial charge in [-0.25, -0.2) is 0 Å². The third-order valence-corrected chi connectivity index (χ3v) is 9.62. The summed E-state index contributed by atoms with van der Waals surface area (Å²) < 4.78 is 41.0. The second kappa shape index (κ2) is 24.1. The van der Waals surface area contributed by atoms with Gasteiger partial charge in [0.15, 0.2) is 0 Å². The first kappa shape index (κ1) is 49.2. The van der Waals surface area contributed by atoms with E-state index in [0.717, 1.165) is 11.1 Å². The molecule has 2 aromatic carbocycles. The van der Waals surface area contributed by atoms with Crippen LogP contribution in [0.3, 0.4) is 0 Å². The van der Waals surface area contributed by atoms with Gasteiger partial charge in [-0.05, 0) is 35.4 Å². The maximum atomic E-state index is 10.5. The van der Waals surface area contributed by atoms with E-state index in [2.05, 4.69) is 0 Å². The molecule has 0 fully saturated rings. The Balaban J connectivity index is 2.25. The molecule has 8 N–H and O–H groups in total. The van der Waals surface area contributed by atoms with E-state index in [0.29, 0.717) is 17.2 Å². The minimum absolute atomic E-state index is 0.0346. The number of hydrogen-bond acceptors (Lipinski definition) is 15. The van der Waals surface area contributed by atoms with Crippen molar-refractivity contribution in [1.82, 2.24) is 0 Å². The van der Waals surface area contributed by atoms with Gasteiger partial charge in [-0.1, -0.05) is 45.1 Å². The fourth-order valence-corrected chi connectivity index (χ4v) is 5.00. The van der Waals surface area contributed by atoms with Crippen molar-refractivity contribution in [2.75, 3.05) is 127 Å². The molecule has 0 heterocycles. The van der Waals surface area contributed by atoms with Crippen LogP contribution in [-0.4, -0.2) is 167 Å². The van der Waals surface area contributed by atoms with Gasteiger partial charge in [-0.3, -0.25) is 0 Å². The standard InChI is InChI=1S/C41H66O15/c1-37(15-42,16-43)23-52-27-41(28-53-24-38(2,17-44)18-45,29-54-25-39(3,19-46)20-47)30-55-26-40(21-48,22-49)31-56-34-10-8-32(9-11-34)6-7-33-12-35(50-4)14-36(13-33)51-5/h6-14,42-49H,15-31H2,1-5H3/b7-6+. The van der Waals surface area contributed by atoms with Crippen molar-refractivity contribution < 1.29 is 74.0 Å². The van der Waals surface area contributed by atoms with E-state index < -0.39 is 40.3 Å². The second-order valence-corrected chi connectivity index (χ2v) is 16.0. The third-order valence-electron chi connectivity index (χ3n) is 9.62. The molecule has 0 atom stereocenters. The molecule has 0 saturated heterocycles. The van der Waals surface area contributed by atoms with Gasteiger partial charge in [0.05, 0.1) is 131 Å². The molecule has 2 rings (SSSR count). The van der Waals surface area contributed by atoms with Gasteiger partial charge in [-0.2, -0.15) is 0 Å². The number of aliphatic hydroxyl groups is 8. The molecule has 2 aromatic rings. The van der Waals surface area contributed by atoms with Gasteiger partial charge in [0.25, 0.3) is 0 Å². The predicted molar refractivity (Wildman–Crippen MR) is 210 cm³/mol. The molecule has 0 saturated carbocycles. The van der Waals surface area contributed by atoms with E-state index in [1.807, 2.05) is 36.4 Å². The minimum Gasteiger partial charge on any atom is -0.497 e. The number of aliphatic hydroxyl groups excluding tert-OH is 8. The van der Waals surface area contributed by atoms with Gasteiger partial charge in [0, 0.05) is 22.3 Å². The maximum absolute atomic E-state index is 10.5. The Morgan fingerprint density at radius 2 is 0.768 bits per heavy atom. The molecular formula is C41H66O15. The van der Waals surface area contributed by atoms with E-state index in [-0.39, 0.29) is 99.1 Å². The van der Waals surface area contributed by atoms with Crippen LogP contribution in [0.25, 0.3) is 12.2 Å². The Labute approximate surface area is 331 Å². The fourth-order valence-electron chi connectivity index (χ4n) is 5.00. The molecule has 0 aliphatic rings. The Morgan fingerprint density at radius 1 is 0.411 bits per heavy atom. The first-order valence-electron chi connectivity index (χ1n) is 18.5. The van der Waals surface area contributed by atoms with Crippen LogP contribution in [0.4, 0.5) is 0 Å². The molecule has 56 heavy (non-hydrogen) atoms. The van der Waals surface area contributed by atoms with Crippen molar-refractivity contribution >= 4 is 12.2 Å². The quantitative estimate of drug-likeness (QED) is 0.0503. The minimum atomic E-state index is -1.23. The molecule has 0 bridgehead atoms. The summed E-state index contributed by atoms with van der Waals surface area (Å²) in [6.45, 7) is 1.27. The first-order chi connectivity index (χ1) is 26.7. The largest absolute Gasteiger partial charge is 0.497 e. The van der Waals surface area contributed by atoms with Crippen LogP contribution < -0.4 is 14.2 Å². The number of ether oxygens (including phenoxy) is 7. The van der Waals surface area contributed by atoms with Crippen LogP contribution in [0.5, 0.6) is 17.2 Å².